The number of ether oxygens (including phenoxy) is 1. The van der Waals surface area contributed by atoms with Gasteiger partial charge >= 0.3 is 0 Å². The number of benzene rings is 1. The van der Waals surface area contributed by atoms with E-state index in [1.807, 2.05) is 4.90 Å². The Hall–Kier alpha value is -2.41. The lowest BCUT2D eigenvalue weighted by molar-refractivity contribution is -0.310. The van der Waals surface area contributed by atoms with Crippen molar-refractivity contribution in [2.24, 2.45) is 5.92 Å². The molecule has 3 aliphatic rings. The van der Waals surface area contributed by atoms with Crippen LogP contribution < -0.4 is 5.11 Å². The Morgan fingerprint density at radius 1 is 1.07 bits per heavy atom. The van der Waals surface area contributed by atoms with E-state index >= 15 is 0 Å². The van der Waals surface area contributed by atoms with Crippen LogP contribution in [0.25, 0.3) is 0 Å². The summed E-state index contributed by atoms with van der Waals surface area (Å²) >= 11 is 0. The maximum atomic E-state index is 13.1. The molecule has 1 saturated carbocycles. The van der Waals surface area contributed by atoms with Crippen molar-refractivity contribution < 1.29 is 24.2 Å². The molecule has 1 atom stereocenters. The molecule has 0 unspecified atom stereocenters. The lowest BCUT2D eigenvalue weighted by Gasteiger charge is -2.46. The number of amides is 2. The van der Waals surface area contributed by atoms with Crippen LogP contribution in [0.1, 0.15) is 42.5 Å². The van der Waals surface area contributed by atoms with Gasteiger partial charge in [-0.1, -0.05) is 24.6 Å². The molecule has 4 rings (SSSR count). The Kier molecular flexibility index (Phi) is 4.63. The van der Waals surface area contributed by atoms with Crippen molar-refractivity contribution in [2.45, 2.75) is 43.9 Å². The molecule has 1 aromatic rings. The van der Waals surface area contributed by atoms with Gasteiger partial charge in [0.15, 0.2) is 0 Å². The molecule has 1 spiro atoms. The van der Waals surface area contributed by atoms with E-state index in [1.54, 1.807) is 30.3 Å². The van der Waals surface area contributed by atoms with Crippen molar-refractivity contribution in [1.29, 1.82) is 0 Å². The second-order valence-electron chi connectivity index (χ2n) is 7.59. The lowest BCUT2D eigenvalue weighted by Crippen LogP contribution is -2.60. The Bertz CT molecular complexity index is 738. The summed E-state index contributed by atoms with van der Waals surface area (Å²) in [7, 11) is 0. The molecule has 2 saturated heterocycles. The first kappa shape index (κ1) is 18.0. The monoisotopic (exact) mass is 371 g/mol. The minimum atomic E-state index is -1.32. The molecular weight excluding hydrogens is 348 g/mol. The Morgan fingerprint density at radius 2 is 1.74 bits per heavy atom. The average Bonchev–Trinajstić information content (AvgIpc) is 3.00. The number of carboxylic acid groups (broad SMARTS) is 1. The van der Waals surface area contributed by atoms with Gasteiger partial charge in [-0.15, -0.1) is 0 Å². The van der Waals surface area contributed by atoms with Gasteiger partial charge in [0.25, 0.3) is 5.91 Å². The van der Waals surface area contributed by atoms with E-state index in [-0.39, 0.29) is 24.3 Å². The number of carboxylic acids is 1. The number of carbonyl (C=O) groups excluding carboxylic acids is 3. The van der Waals surface area contributed by atoms with Crippen LogP contribution in [0.4, 0.5) is 0 Å². The van der Waals surface area contributed by atoms with Crippen molar-refractivity contribution >= 4 is 17.8 Å². The van der Waals surface area contributed by atoms with Crippen LogP contribution >= 0.6 is 0 Å². The number of nitrogens with zero attached hydrogens (tertiary/aromatic N) is 2. The standard InChI is InChI=1S/C20H24N2O5/c23-17(14-7-4-8-14)21-11-9-20(10-12-21)22(16(13-27-20)19(25)26)18(24)15-5-2-1-3-6-15/h1-3,5-6,14,16H,4,7-13H2,(H,25,26)/p-1/t16-/m0/s1. The molecule has 2 aliphatic heterocycles. The number of hydrogen-bond donors (Lipinski definition) is 0. The molecule has 144 valence electrons. The van der Waals surface area contributed by atoms with Gasteiger partial charge in [0, 0.05) is 37.4 Å². The molecule has 7 nitrogen and oxygen atoms in total. The van der Waals surface area contributed by atoms with Crippen molar-refractivity contribution in [3.05, 3.63) is 35.9 Å². The summed E-state index contributed by atoms with van der Waals surface area (Å²) < 4.78 is 5.89. The second-order valence-corrected chi connectivity index (χ2v) is 7.59. The molecule has 2 heterocycles. The molecule has 0 N–H and O–H groups in total. The van der Waals surface area contributed by atoms with Crippen LogP contribution in [0.2, 0.25) is 0 Å². The maximum absolute atomic E-state index is 13.1. The maximum Gasteiger partial charge on any atom is 0.256 e. The average molecular weight is 371 g/mol. The third-order valence-corrected chi connectivity index (χ3v) is 6.08. The van der Waals surface area contributed by atoms with E-state index in [9.17, 15) is 19.5 Å². The fourth-order valence-corrected chi connectivity index (χ4v) is 4.26. The molecule has 0 bridgehead atoms. The van der Waals surface area contributed by atoms with Crippen LogP contribution in [-0.2, 0) is 14.3 Å². The van der Waals surface area contributed by atoms with Crippen LogP contribution in [0.5, 0.6) is 0 Å². The summed E-state index contributed by atoms with van der Waals surface area (Å²) in [4.78, 5) is 40.4. The molecule has 0 radical (unpaired) electrons. The second kappa shape index (κ2) is 6.96. The fraction of sp³-hybridized carbons (Fsp3) is 0.550. The van der Waals surface area contributed by atoms with E-state index in [4.69, 9.17) is 4.74 Å². The zero-order chi connectivity index (χ0) is 19.0. The van der Waals surface area contributed by atoms with E-state index in [0.717, 1.165) is 19.3 Å². The molecule has 1 aliphatic carbocycles. The largest absolute Gasteiger partial charge is 0.548 e. The summed E-state index contributed by atoms with van der Waals surface area (Å²) in [6.45, 7) is 0.846. The first-order valence-corrected chi connectivity index (χ1v) is 9.54. The Morgan fingerprint density at radius 3 is 2.30 bits per heavy atom. The van der Waals surface area contributed by atoms with Crippen LogP contribution in [0, 0.1) is 5.92 Å². The highest BCUT2D eigenvalue weighted by Crippen LogP contribution is 2.39. The number of likely N-dealkylation sites (tertiary alicyclic amines) is 1. The molecule has 2 amide bonds. The van der Waals surface area contributed by atoms with Gasteiger partial charge in [-0.05, 0) is 25.0 Å². The zero-order valence-electron chi connectivity index (χ0n) is 15.1. The predicted octanol–water partition coefficient (Wildman–Crippen LogP) is 0.396. The van der Waals surface area contributed by atoms with Crippen LogP contribution in [-0.4, -0.2) is 59.0 Å². The summed E-state index contributed by atoms with van der Waals surface area (Å²) in [5.74, 6) is -1.39. The van der Waals surface area contributed by atoms with Crippen LogP contribution in [0.3, 0.4) is 0 Å². The number of hydrogen-bond acceptors (Lipinski definition) is 5. The SMILES string of the molecule is O=C([O-])[C@@H]1COC2(CCN(C(=O)C3CCC3)CC2)N1C(=O)c1ccccc1. The minimum absolute atomic E-state index is 0.0858. The number of rotatable bonds is 3. The Labute approximate surface area is 157 Å². The van der Waals surface area contributed by atoms with Crippen molar-refractivity contribution in [3.8, 4) is 0 Å². The van der Waals surface area contributed by atoms with Gasteiger partial charge in [-0.2, -0.15) is 0 Å². The molecule has 7 heteroatoms. The van der Waals surface area contributed by atoms with E-state index in [2.05, 4.69) is 0 Å². The number of piperidine rings is 1. The highest BCUT2D eigenvalue weighted by Gasteiger charge is 2.52. The summed E-state index contributed by atoms with van der Waals surface area (Å²) in [5.41, 5.74) is -0.574. The van der Waals surface area contributed by atoms with Crippen molar-refractivity contribution in [2.75, 3.05) is 19.7 Å². The van der Waals surface area contributed by atoms with Crippen molar-refractivity contribution in [1.82, 2.24) is 9.80 Å². The third kappa shape index (κ3) is 3.10. The van der Waals surface area contributed by atoms with Gasteiger partial charge < -0.3 is 19.5 Å². The summed E-state index contributed by atoms with van der Waals surface area (Å²) in [5, 5.41) is 11.6. The quantitative estimate of drug-likeness (QED) is 0.767. The van der Waals surface area contributed by atoms with Crippen molar-refractivity contribution in [3.63, 3.8) is 0 Å². The minimum Gasteiger partial charge on any atom is -0.548 e. The molecular formula is C20H23N2O5-. The van der Waals surface area contributed by atoms with Gasteiger partial charge in [0.05, 0.1) is 18.6 Å². The lowest BCUT2D eigenvalue weighted by atomic mass is 9.83. The highest BCUT2D eigenvalue weighted by molar-refractivity contribution is 5.97. The predicted molar refractivity (Wildman–Crippen MR) is 93.2 cm³/mol. The number of carbonyl (C=O) groups is 3. The normalized spacial score (nSPS) is 24.7. The zero-order valence-corrected chi connectivity index (χ0v) is 15.1. The van der Waals surface area contributed by atoms with Crippen LogP contribution in [0.15, 0.2) is 30.3 Å². The molecule has 3 fully saturated rings. The van der Waals surface area contributed by atoms with Gasteiger partial charge in [0.2, 0.25) is 5.91 Å². The van der Waals surface area contributed by atoms with E-state index in [0.29, 0.717) is 31.5 Å². The molecule has 27 heavy (non-hydrogen) atoms. The molecule has 0 aromatic heterocycles. The number of aliphatic carboxylic acids is 1. The van der Waals surface area contributed by atoms with E-state index < -0.39 is 17.7 Å². The topological polar surface area (TPSA) is 90.0 Å². The van der Waals surface area contributed by atoms with E-state index in [1.165, 1.54) is 4.90 Å². The van der Waals surface area contributed by atoms with Gasteiger partial charge in [-0.25, -0.2) is 0 Å². The fourth-order valence-electron chi connectivity index (χ4n) is 4.26. The highest BCUT2D eigenvalue weighted by atomic mass is 16.5. The summed E-state index contributed by atoms with van der Waals surface area (Å²) in [6.07, 6.45) is 3.82. The summed E-state index contributed by atoms with van der Waals surface area (Å²) in [6, 6.07) is 7.49. The Balaban J connectivity index is 1.54. The van der Waals surface area contributed by atoms with Gasteiger partial charge in [0.1, 0.15) is 5.72 Å². The first-order chi connectivity index (χ1) is 13.0. The smallest absolute Gasteiger partial charge is 0.256 e. The third-order valence-electron chi connectivity index (χ3n) is 6.08. The molecule has 1 aromatic carbocycles. The van der Waals surface area contributed by atoms with Gasteiger partial charge in [-0.3, -0.25) is 14.5 Å². The first-order valence-electron chi connectivity index (χ1n) is 9.54.